The Bertz CT molecular complexity index is 1040. The van der Waals surface area contributed by atoms with Gasteiger partial charge in [-0.05, 0) is 48.4 Å². The number of unbranched alkanes of at least 4 members (excludes halogenated alkanes) is 1. The maximum atomic E-state index is 13.3. The highest BCUT2D eigenvalue weighted by Gasteiger charge is 2.22. The van der Waals surface area contributed by atoms with E-state index in [0.29, 0.717) is 71.8 Å². The average molecular weight is 607 g/mol. The van der Waals surface area contributed by atoms with Gasteiger partial charge < -0.3 is 38.7 Å². The van der Waals surface area contributed by atoms with Crippen molar-refractivity contribution in [2.24, 2.45) is 0 Å². The standard InChI is InChI=1S/C29H41N2O8P.C2H6/c32-28(30-15-16-36-17-18-37-19-20-38-21-22-39-40(34)35)11-5-6-12-29(33)31-23-26-9-2-1-7-24(26)13-14-25-8-3-4-10-27(25)31;1-2/h1-4,7-10,34-35H,5-6,11-23H2,(H,30,32);1-2H3. The summed E-state index contributed by atoms with van der Waals surface area (Å²) in [5.41, 5.74) is 4.66. The average Bonchev–Trinajstić information content (AvgIpc) is 2.99. The van der Waals surface area contributed by atoms with Gasteiger partial charge in [0.1, 0.15) is 0 Å². The summed E-state index contributed by atoms with van der Waals surface area (Å²) in [7, 11) is -2.33. The van der Waals surface area contributed by atoms with Gasteiger partial charge in [-0.3, -0.25) is 9.59 Å². The largest absolute Gasteiger partial charge is 0.377 e. The van der Waals surface area contributed by atoms with Crippen LogP contribution in [0.15, 0.2) is 48.5 Å². The van der Waals surface area contributed by atoms with Gasteiger partial charge in [-0.2, -0.15) is 0 Å². The van der Waals surface area contributed by atoms with E-state index >= 15 is 0 Å². The Morgan fingerprint density at radius 3 is 2.00 bits per heavy atom. The minimum absolute atomic E-state index is 0.0473. The highest BCUT2D eigenvalue weighted by Crippen LogP contribution is 2.29. The lowest BCUT2D eigenvalue weighted by Crippen LogP contribution is -2.32. The number of para-hydroxylation sites is 1. The normalized spacial score (nSPS) is 12.5. The fourth-order valence-electron chi connectivity index (χ4n) is 4.46. The van der Waals surface area contributed by atoms with E-state index in [-0.39, 0.29) is 25.0 Å². The van der Waals surface area contributed by atoms with Crippen molar-refractivity contribution in [1.29, 1.82) is 0 Å². The maximum Gasteiger partial charge on any atom is 0.327 e. The van der Waals surface area contributed by atoms with Gasteiger partial charge in [-0.25, -0.2) is 0 Å². The Morgan fingerprint density at radius 2 is 1.31 bits per heavy atom. The van der Waals surface area contributed by atoms with E-state index in [9.17, 15) is 9.59 Å². The van der Waals surface area contributed by atoms with Crippen LogP contribution < -0.4 is 10.2 Å². The zero-order valence-corrected chi connectivity index (χ0v) is 25.9. The Labute approximate surface area is 251 Å². The number of nitrogens with one attached hydrogen (secondary N) is 1. The molecule has 0 aromatic heterocycles. The summed E-state index contributed by atoms with van der Waals surface area (Å²) in [6, 6.07) is 16.5. The number of anilines is 1. The lowest BCUT2D eigenvalue weighted by atomic mass is 9.95. The van der Waals surface area contributed by atoms with E-state index in [4.69, 9.17) is 24.0 Å². The zero-order chi connectivity index (χ0) is 30.4. The second-order valence-corrected chi connectivity index (χ2v) is 10.1. The van der Waals surface area contributed by atoms with Gasteiger partial charge >= 0.3 is 8.60 Å². The SMILES string of the molecule is CC.O=C(CCCCC(=O)N1Cc2ccccc2CCc2ccccc21)NCCOCCOCCOCCOP(O)O. The van der Waals surface area contributed by atoms with Crippen molar-refractivity contribution in [2.75, 3.05) is 57.7 Å². The minimum atomic E-state index is -2.33. The molecule has 2 amide bonds. The van der Waals surface area contributed by atoms with E-state index in [0.717, 1.165) is 18.5 Å². The minimum Gasteiger partial charge on any atom is -0.377 e. The van der Waals surface area contributed by atoms with Crippen molar-refractivity contribution in [3.05, 3.63) is 65.2 Å². The number of aryl methyl sites for hydroxylation is 2. The third-order valence-electron chi connectivity index (χ3n) is 6.49. The summed E-state index contributed by atoms with van der Waals surface area (Å²) in [5, 5.41) is 2.85. The summed E-state index contributed by atoms with van der Waals surface area (Å²) in [6.45, 7) is 7.35. The first-order valence-corrected chi connectivity index (χ1v) is 16.0. The Morgan fingerprint density at radius 1 is 0.762 bits per heavy atom. The Kier molecular flexibility index (Phi) is 18.9. The second kappa shape index (κ2) is 22.2. The van der Waals surface area contributed by atoms with E-state index in [1.165, 1.54) is 16.7 Å². The summed E-state index contributed by atoms with van der Waals surface area (Å²) in [4.78, 5) is 44.5. The number of carbonyl (C=O) groups is 2. The molecule has 3 N–H and O–H groups in total. The number of rotatable bonds is 18. The van der Waals surface area contributed by atoms with Gasteiger partial charge in [-0.1, -0.05) is 56.3 Å². The molecule has 2 aromatic rings. The zero-order valence-electron chi connectivity index (χ0n) is 25.0. The van der Waals surface area contributed by atoms with Crippen LogP contribution in [0, 0.1) is 0 Å². The van der Waals surface area contributed by atoms with Gasteiger partial charge in [0.05, 0.1) is 52.8 Å². The first-order chi connectivity index (χ1) is 20.5. The van der Waals surface area contributed by atoms with Gasteiger partial charge in [0.2, 0.25) is 11.8 Å². The molecule has 0 fully saturated rings. The lowest BCUT2D eigenvalue weighted by molar-refractivity contribution is -0.122. The summed E-state index contributed by atoms with van der Waals surface area (Å²) in [5.74, 6) is 0.0388. The molecule has 0 atom stereocenters. The number of hydrogen-bond acceptors (Lipinski definition) is 8. The van der Waals surface area contributed by atoms with Crippen LogP contribution in [0.25, 0.3) is 0 Å². The predicted molar refractivity (Wildman–Crippen MR) is 164 cm³/mol. The molecular formula is C31H47N2O8P. The molecule has 234 valence electrons. The van der Waals surface area contributed by atoms with Crippen molar-refractivity contribution >= 4 is 26.1 Å². The highest BCUT2D eigenvalue weighted by molar-refractivity contribution is 7.39. The molecule has 0 bridgehead atoms. The molecule has 3 rings (SSSR count). The molecule has 0 spiro atoms. The molecule has 1 heterocycles. The second-order valence-electron chi connectivity index (χ2n) is 9.36. The Hall–Kier alpha value is -2.43. The van der Waals surface area contributed by atoms with Gasteiger partial charge in [0.15, 0.2) is 0 Å². The van der Waals surface area contributed by atoms with Crippen LogP contribution in [0.4, 0.5) is 5.69 Å². The monoisotopic (exact) mass is 606 g/mol. The molecule has 0 radical (unpaired) electrons. The number of hydrogen-bond donors (Lipinski definition) is 3. The molecule has 42 heavy (non-hydrogen) atoms. The summed E-state index contributed by atoms with van der Waals surface area (Å²) in [6.07, 6.45) is 3.95. The van der Waals surface area contributed by atoms with Crippen molar-refractivity contribution in [3.8, 4) is 0 Å². The Balaban J connectivity index is 0.00000301. The third kappa shape index (κ3) is 14.2. The lowest BCUT2D eigenvalue weighted by Gasteiger charge is -2.29. The molecule has 0 saturated heterocycles. The third-order valence-corrected chi connectivity index (χ3v) is 6.90. The summed E-state index contributed by atoms with van der Waals surface area (Å²) >= 11 is 0. The fraction of sp³-hybridized carbons (Fsp3) is 0.548. The molecule has 0 aliphatic carbocycles. The van der Waals surface area contributed by atoms with E-state index in [1.54, 1.807) is 0 Å². The maximum absolute atomic E-state index is 13.3. The van der Waals surface area contributed by atoms with Crippen molar-refractivity contribution < 1.29 is 38.1 Å². The predicted octanol–water partition coefficient (Wildman–Crippen LogP) is 4.30. The first-order valence-electron chi connectivity index (χ1n) is 14.8. The molecule has 0 saturated carbocycles. The smallest absolute Gasteiger partial charge is 0.327 e. The number of benzene rings is 2. The van der Waals surface area contributed by atoms with Crippen LogP contribution >= 0.6 is 8.60 Å². The molecule has 2 aromatic carbocycles. The first kappa shape index (κ1) is 35.8. The van der Waals surface area contributed by atoms with E-state index in [2.05, 4.69) is 34.1 Å². The number of ether oxygens (including phenoxy) is 3. The van der Waals surface area contributed by atoms with Crippen LogP contribution in [0.1, 0.15) is 56.2 Å². The molecule has 1 aliphatic rings. The topological polar surface area (TPSA) is 127 Å². The van der Waals surface area contributed by atoms with Gasteiger partial charge in [0.25, 0.3) is 0 Å². The van der Waals surface area contributed by atoms with Crippen LogP contribution in [-0.2, 0) is 47.7 Å². The van der Waals surface area contributed by atoms with Crippen molar-refractivity contribution in [3.63, 3.8) is 0 Å². The number of amides is 2. The molecular weight excluding hydrogens is 559 g/mol. The molecule has 0 unspecified atom stereocenters. The quantitative estimate of drug-likeness (QED) is 0.169. The van der Waals surface area contributed by atoms with Crippen molar-refractivity contribution in [1.82, 2.24) is 5.32 Å². The van der Waals surface area contributed by atoms with Crippen LogP contribution in [0.5, 0.6) is 0 Å². The van der Waals surface area contributed by atoms with E-state index < -0.39 is 8.60 Å². The highest BCUT2D eigenvalue weighted by atomic mass is 31.2. The number of nitrogens with zero attached hydrogens (tertiary/aromatic N) is 1. The van der Waals surface area contributed by atoms with Crippen LogP contribution in [0.3, 0.4) is 0 Å². The summed E-state index contributed by atoms with van der Waals surface area (Å²) < 4.78 is 20.6. The van der Waals surface area contributed by atoms with Crippen LogP contribution in [-0.4, -0.2) is 74.4 Å². The molecule has 11 heteroatoms. The molecule has 10 nitrogen and oxygen atoms in total. The van der Waals surface area contributed by atoms with Crippen LogP contribution in [0.2, 0.25) is 0 Å². The van der Waals surface area contributed by atoms with Gasteiger partial charge in [-0.15, -0.1) is 0 Å². The van der Waals surface area contributed by atoms with Crippen molar-refractivity contribution in [2.45, 2.75) is 58.9 Å². The van der Waals surface area contributed by atoms with Gasteiger partial charge in [0, 0.05) is 25.1 Å². The fourth-order valence-corrected chi connectivity index (χ4v) is 4.69. The molecule has 1 aliphatic heterocycles. The number of fused-ring (bicyclic) bond motifs is 2. The van der Waals surface area contributed by atoms with E-state index in [1.807, 2.05) is 43.0 Å². The number of carbonyl (C=O) groups excluding carboxylic acids is 2.